The van der Waals surface area contributed by atoms with E-state index in [1.165, 1.54) is 11.3 Å². The number of aromatic nitrogens is 3. The average Bonchev–Trinajstić information content (AvgIpc) is 2.96. The normalized spacial score (nSPS) is 10.6. The van der Waals surface area contributed by atoms with Gasteiger partial charge in [-0.05, 0) is 18.9 Å². The Morgan fingerprint density at radius 1 is 1.47 bits per heavy atom. The molecule has 3 N–H and O–H groups in total. The van der Waals surface area contributed by atoms with Crippen molar-refractivity contribution >= 4 is 28.1 Å². The third-order valence-electron chi connectivity index (χ3n) is 2.60. The molecule has 0 fully saturated rings. The number of amides is 1. The molecule has 7 heteroatoms. The molecule has 6 nitrogen and oxygen atoms in total. The minimum Gasteiger partial charge on any atom is -0.397 e. The summed E-state index contributed by atoms with van der Waals surface area (Å²) in [6.45, 7) is 4.81. The number of nitrogen functional groups attached to an aromatic ring is 1. The summed E-state index contributed by atoms with van der Waals surface area (Å²) in [6.07, 6.45) is 3.52. The number of nitrogens with one attached hydrogen (secondary N) is 1. The zero-order valence-corrected chi connectivity index (χ0v) is 11.8. The van der Waals surface area contributed by atoms with E-state index in [9.17, 15) is 4.79 Å². The van der Waals surface area contributed by atoms with Gasteiger partial charge in [0.2, 0.25) is 5.13 Å². The largest absolute Gasteiger partial charge is 0.397 e. The molecule has 0 aliphatic rings. The summed E-state index contributed by atoms with van der Waals surface area (Å²) < 4.78 is 1.85. The third kappa shape index (κ3) is 3.11. The fraction of sp³-hybridized carbons (Fsp3) is 0.417. The first kappa shape index (κ1) is 13.5. The molecule has 2 rings (SSSR count). The first-order chi connectivity index (χ1) is 9.13. The maximum Gasteiger partial charge on any atom is 0.274 e. The highest BCUT2D eigenvalue weighted by atomic mass is 32.1. The first-order valence-corrected chi connectivity index (χ1v) is 7.05. The second-order valence-corrected chi connectivity index (χ2v) is 5.22. The minimum atomic E-state index is -0.205. The van der Waals surface area contributed by atoms with E-state index in [0.29, 0.717) is 16.5 Å². The molecule has 0 spiro atoms. The molecule has 19 heavy (non-hydrogen) atoms. The van der Waals surface area contributed by atoms with Gasteiger partial charge in [0.1, 0.15) is 10.7 Å². The topological polar surface area (TPSA) is 85.8 Å². The Kier molecular flexibility index (Phi) is 4.16. The van der Waals surface area contributed by atoms with E-state index in [0.717, 1.165) is 24.4 Å². The van der Waals surface area contributed by atoms with Gasteiger partial charge in [0.25, 0.3) is 5.91 Å². The highest BCUT2D eigenvalue weighted by molar-refractivity contribution is 7.15. The van der Waals surface area contributed by atoms with E-state index in [4.69, 9.17) is 5.73 Å². The first-order valence-electron chi connectivity index (χ1n) is 6.23. The molecule has 0 radical (unpaired) electrons. The molecule has 2 heterocycles. The van der Waals surface area contributed by atoms with Crippen LogP contribution in [-0.4, -0.2) is 20.7 Å². The van der Waals surface area contributed by atoms with Gasteiger partial charge in [-0.3, -0.25) is 10.1 Å². The Balaban J connectivity index is 2.15. The van der Waals surface area contributed by atoms with Crippen LogP contribution >= 0.6 is 11.3 Å². The number of aryl methyl sites for hydroxylation is 2. The van der Waals surface area contributed by atoms with Crippen LogP contribution in [0.15, 0.2) is 12.3 Å². The summed E-state index contributed by atoms with van der Waals surface area (Å²) in [7, 11) is 0. The van der Waals surface area contributed by atoms with Gasteiger partial charge in [-0.25, -0.2) is 0 Å². The lowest BCUT2D eigenvalue weighted by molar-refractivity contribution is 0.101. The summed E-state index contributed by atoms with van der Waals surface area (Å²) in [4.78, 5) is 12.2. The number of nitrogens with two attached hydrogens (primary N) is 1. The van der Waals surface area contributed by atoms with Crippen molar-refractivity contribution in [1.82, 2.24) is 14.8 Å². The molecular formula is C12H17N5OS. The number of hydrogen-bond acceptors (Lipinski definition) is 5. The molecule has 0 aliphatic carbocycles. The van der Waals surface area contributed by atoms with Gasteiger partial charge >= 0.3 is 0 Å². The molecule has 2 aromatic heterocycles. The Morgan fingerprint density at radius 3 is 2.89 bits per heavy atom. The highest BCUT2D eigenvalue weighted by Gasteiger charge is 2.14. The van der Waals surface area contributed by atoms with E-state index in [1.54, 1.807) is 12.3 Å². The van der Waals surface area contributed by atoms with Gasteiger partial charge in [0.15, 0.2) is 0 Å². The number of carbonyl (C=O) groups excluding carboxylic acids is 1. The molecule has 2 aromatic rings. The van der Waals surface area contributed by atoms with Crippen LogP contribution in [0, 0.1) is 0 Å². The van der Waals surface area contributed by atoms with E-state index in [-0.39, 0.29) is 5.91 Å². The van der Waals surface area contributed by atoms with Crippen LogP contribution in [0.25, 0.3) is 0 Å². The smallest absolute Gasteiger partial charge is 0.274 e. The molecular weight excluding hydrogens is 262 g/mol. The number of rotatable bonds is 5. The number of hydrogen-bond donors (Lipinski definition) is 2. The van der Waals surface area contributed by atoms with Gasteiger partial charge in [0.05, 0.1) is 5.69 Å². The van der Waals surface area contributed by atoms with Crippen LogP contribution in [0.5, 0.6) is 0 Å². The lowest BCUT2D eigenvalue weighted by atomic mass is 10.3. The van der Waals surface area contributed by atoms with Crippen molar-refractivity contribution in [2.24, 2.45) is 0 Å². The number of carbonyl (C=O) groups is 1. The Labute approximate surface area is 115 Å². The Bertz CT molecular complexity index is 574. The second kappa shape index (κ2) is 5.83. The highest BCUT2D eigenvalue weighted by Crippen LogP contribution is 2.18. The van der Waals surface area contributed by atoms with Gasteiger partial charge in [-0.15, -0.1) is 10.2 Å². The van der Waals surface area contributed by atoms with Crippen molar-refractivity contribution in [1.29, 1.82) is 0 Å². The SMILES string of the molecule is CCCn1cc(N)cc1C(=O)Nc1nnc(CC)s1. The molecule has 0 unspecified atom stereocenters. The Hall–Kier alpha value is -1.89. The standard InChI is InChI=1S/C12H17N5OS/c1-3-5-17-7-8(13)6-9(17)11(18)14-12-16-15-10(4-2)19-12/h6-7H,3-5,13H2,1-2H3,(H,14,16,18). The third-order valence-corrected chi connectivity index (χ3v) is 3.59. The van der Waals surface area contributed by atoms with Gasteiger partial charge < -0.3 is 10.3 Å². The van der Waals surface area contributed by atoms with Crippen molar-refractivity contribution in [3.8, 4) is 0 Å². The molecule has 102 valence electrons. The second-order valence-electron chi connectivity index (χ2n) is 4.16. The zero-order chi connectivity index (χ0) is 13.8. The molecule has 0 saturated carbocycles. The molecule has 0 bridgehead atoms. The van der Waals surface area contributed by atoms with Crippen molar-refractivity contribution < 1.29 is 4.79 Å². The molecule has 1 amide bonds. The minimum absolute atomic E-state index is 0.205. The summed E-state index contributed by atoms with van der Waals surface area (Å²) in [5.41, 5.74) is 6.88. The quantitative estimate of drug-likeness (QED) is 0.878. The fourth-order valence-electron chi connectivity index (χ4n) is 1.76. The number of anilines is 2. The van der Waals surface area contributed by atoms with Crippen LogP contribution in [-0.2, 0) is 13.0 Å². The summed E-state index contributed by atoms with van der Waals surface area (Å²) in [5.74, 6) is -0.205. The summed E-state index contributed by atoms with van der Waals surface area (Å²) >= 11 is 1.39. The summed E-state index contributed by atoms with van der Waals surface area (Å²) in [6, 6.07) is 1.67. The van der Waals surface area contributed by atoms with Crippen LogP contribution < -0.4 is 11.1 Å². The van der Waals surface area contributed by atoms with Crippen molar-refractivity contribution in [2.75, 3.05) is 11.1 Å². The van der Waals surface area contributed by atoms with Gasteiger partial charge in [-0.1, -0.05) is 25.2 Å². The van der Waals surface area contributed by atoms with Crippen LogP contribution in [0.3, 0.4) is 0 Å². The monoisotopic (exact) mass is 279 g/mol. The van der Waals surface area contributed by atoms with Crippen LogP contribution in [0.4, 0.5) is 10.8 Å². The summed E-state index contributed by atoms with van der Waals surface area (Å²) in [5, 5.41) is 12.1. The lowest BCUT2D eigenvalue weighted by Gasteiger charge is -2.06. The van der Waals surface area contributed by atoms with Crippen LogP contribution in [0.1, 0.15) is 35.8 Å². The predicted octanol–water partition coefficient (Wildman–Crippen LogP) is 2.15. The fourth-order valence-corrected chi connectivity index (χ4v) is 2.43. The van der Waals surface area contributed by atoms with E-state index >= 15 is 0 Å². The lowest BCUT2D eigenvalue weighted by Crippen LogP contribution is -2.16. The van der Waals surface area contributed by atoms with E-state index in [1.807, 2.05) is 11.5 Å². The van der Waals surface area contributed by atoms with Crippen molar-refractivity contribution in [3.05, 3.63) is 23.0 Å². The Morgan fingerprint density at radius 2 is 2.26 bits per heavy atom. The molecule has 0 aliphatic heterocycles. The maximum absolute atomic E-state index is 12.2. The van der Waals surface area contributed by atoms with E-state index < -0.39 is 0 Å². The van der Waals surface area contributed by atoms with Crippen LogP contribution in [0.2, 0.25) is 0 Å². The van der Waals surface area contributed by atoms with Gasteiger partial charge in [-0.2, -0.15) is 0 Å². The van der Waals surface area contributed by atoms with Crippen molar-refractivity contribution in [3.63, 3.8) is 0 Å². The molecule has 0 aromatic carbocycles. The maximum atomic E-state index is 12.2. The zero-order valence-electron chi connectivity index (χ0n) is 11.0. The molecule has 0 saturated heterocycles. The number of nitrogens with zero attached hydrogens (tertiary/aromatic N) is 3. The van der Waals surface area contributed by atoms with E-state index in [2.05, 4.69) is 22.4 Å². The predicted molar refractivity (Wildman–Crippen MR) is 76.4 cm³/mol. The molecule has 0 atom stereocenters. The van der Waals surface area contributed by atoms with Crippen molar-refractivity contribution in [2.45, 2.75) is 33.2 Å². The average molecular weight is 279 g/mol. The van der Waals surface area contributed by atoms with Gasteiger partial charge in [0, 0.05) is 12.7 Å².